The number of nitrogens with one attached hydrogen (secondary N) is 1. The third kappa shape index (κ3) is 3.68. The van der Waals surface area contributed by atoms with Gasteiger partial charge in [0.05, 0.1) is 0 Å². The largest absolute Gasteiger partial charge is 0.304 e. The molecule has 0 saturated heterocycles. The molecule has 102 valence electrons. The summed E-state index contributed by atoms with van der Waals surface area (Å²) in [5, 5.41) is 3.68. The van der Waals surface area contributed by atoms with Crippen molar-refractivity contribution >= 4 is 27.3 Å². The Kier molecular flexibility index (Phi) is 4.82. The molecule has 1 aromatic carbocycles. The first-order valence-electron chi connectivity index (χ1n) is 6.56. The van der Waals surface area contributed by atoms with Crippen molar-refractivity contribution in [3.8, 4) is 0 Å². The lowest BCUT2D eigenvalue weighted by molar-refractivity contribution is 0.494. The molecule has 1 N–H and O–H groups in total. The molecule has 1 nitrogen and oxygen atoms in total. The third-order valence-electron chi connectivity index (χ3n) is 3.42. The zero-order valence-electron chi connectivity index (χ0n) is 11.8. The lowest BCUT2D eigenvalue weighted by Gasteiger charge is -2.20. The van der Waals surface area contributed by atoms with Gasteiger partial charge in [-0.05, 0) is 57.0 Å². The molecule has 1 unspecified atom stereocenters. The van der Waals surface area contributed by atoms with Gasteiger partial charge in [-0.2, -0.15) is 0 Å². The van der Waals surface area contributed by atoms with E-state index in [1.54, 1.807) is 0 Å². The monoisotopic (exact) mass is 337 g/mol. The van der Waals surface area contributed by atoms with E-state index in [1.165, 1.54) is 20.9 Å². The summed E-state index contributed by atoms with van der Waals surface area (Å²) in [6.07, 6.45) is 0. The number of hydrogen-bond donors (Lipinski definition) is 1. The Morgan fingerprint density at radius 1 is 1.05 bits per heavy atom. The summed E-state index contributed by atoms with van der Waals surface area (Å²) in [6, 6.07) is 11.6. The van der Waals surface area contributed by atoms with Crippen LogP contribution in [-0.4, -0.2) is 0 Å². The van der Waals surface area contributed by atoms with Crippen LogP contribution in [0.2, 0.25) is 0 Å². The Bertz CT molecular complexity index is 544. The summed E-state index contributed by atoms with van der Waals surface area (Å²) in [5.41, 5.74) is 2.74. The maximum Gasteiger partial charge on any atom is 0.0308 e. The molecule has 0 aliphatic heterocycles. The van der Waals surface area contributed by atoms with Crippen molar-refractivity contribution in [3.63, 3.8) is 0 Å². The number of hydrogen-bond acceptors (Lipinski definition) is 2. The van der Waals surface area contributed by atoms with Crippen molar-refractivity contribution < 1.29 is 0 Å². The van der Waals surface area contributed by atoms with Gasteiger partial charge in [0, 0.05) is 26.3 Å². The van der Waals surface area contributed by atoms with Crippen molar-refractivity contribution in [2.24, 2.45) is 0 Å². The minimum absolute atomic E-state index is 0.350. The smallest absolute Gasteiger partial charge is 0.0308 e. The van der Waals surface area contributed by atoms with Gasteiger partial charge >= 0.3 is 0 Å². The first kappa shape index (κ1) is 14.8. The highest BCUT2D eigenvalue weighted by Crippen LogP contribution is 2.28. The standard InChI is InChI=1S/C16H20BrNS/c1-10-9-16(13(4)19-10)12(3)18-11(2)14-5-7-15(17)8-6-14/h5-9,11-12,18H,1-4H3/t11-,12?/m0/s1. The predicted octanol–water partition coefficient (Wildman–Crippen LogP) is 5.54. The number of thiophene rings is 1. The summed E-state index contributed by atoms with van der Waals surface area (Å²) >= 11 is 5.35. The minimum atomic E-state index is 0.350. The lowest BCUT2D eigenvalue weighted by atomic mass is 10.0. The van der Waals surface area contributed by atoms with E-state index in [0.717, 1.165) is 4.47 Å². The molecule has 0 aliphatic carbocycles. The van der Waals surface area contributed by atoms with Gasteiger partial charge in [-0.1, -0.05) is 28.1 Å². The molecule has 0 amide bonds. The van der Waals surface area contributed by atoms with Gasteiger partial charge in [-0.3, -0.25) is 0 Å². The molecule has 3 heteroatoms. The first-order chi connectivity index (χ1) is 8.97. The molecule has 0 fully saturated rings. The Hall–Kier alpha value is -0.640. The lowest BCUT2D eigenvalue weighted by Crippen LogP contribution is -2.22. The van der Waals surface area contributed by atoms with E-state index in [4.69, 9.17) is 0 Å². The normalized spacial score (nSPS) is 14.4. The molecule has 1 aromatic heterocycles. The highest BCUT2D eigenvalue weighted by atomic mass is 79.9. The van der Waals surface area contributed by atoms with Crippen LogP contribution in [0, 0.1) is 13.8 Å². The fourth-order valence-corrected chi connectivity index (χ4v) is 3.68. The Labute approximate surface area is 128 Å². The fourth-order valence-electron chi connectivity index (χ4n) is 2.39. The van der Waals surface area contributed by atoms with E-state index >= 15 is 0 Å². The van der Waals surface area contributed by atoms with Crippen LogP contribution in [0.15, 0.2) is 34.8 Å². The average Bonchev–Trinajstić information content (AvgIpc) is 2.69. The molecule has 0 aliphatic rings. The summed E-state index contributed by atoms with van der Waals surface area (Å²) < 4.78 is 1.13. The fraction of sp³-hybridized carbons (Fsp3) is 0.375. The second-order valence-corrected chi connectivity index (χ2v) is 7.41. The van der Waals surface area contributed by atoms with Crippen molar-refractivity contribution in [1.82, 2.24) is 5.32 Å². The van der Waals surface area contributed by atoms with Gasteiger partial charge in [-0.15, -0.1) is 11.3 Å². The number of rotatable bonds is 4. The zero-order chi connectivity index (χ0) is 14.0. The quantitative estimate of drug-likeness (QED) is 0.772. The van der Waals surface area contributed by atoms with E-state index in [2.05, 4.69) is 79.3 Å². The Morgan fingerprint density at radius 2 is 1.68 bits per heavy atom. The topological polar surface area (TPSA) is 12.0 Å². The van der Waals surface area contributed by atoms with Crippen LogP contribution >= 0.6 is 27.3 Å². The number of aryl methyl sites for hydroxylation is 2. The minimum Gasteiger partial charge on any atom is -0.304 e. The predicted molar refractivity (Wildman–Crippen MR) is 87.9 cm³/mol. The van der Waals surface area contributed by atoms with Crippen LogP contribution < -0.4 is 5.32 Å². The van der Waals surface area contributed by atoms with Crippen molar-refractivity contribution in [2.45, 2.75) is 39.8 Å². The Morgan fingerprint density at radius 3 is 2.21 bits per heavy atom. The summed E-state index contributed by atoms with van der Waals surface area (Å²) in [6.45, 7) is 8.83. The molecular formula is C16H20BrNS. The van der Waals surface area contributed by atoms with Gasteiger partial charge in [0.1, 0.15) is 0 Å². The molecule has 19 heavy (non-hydrogen) atoms. The van der Waals surface area contributed by atoms with Crippen LogP contribution in [0.5, 0.6) is 0 Å². The van der Waals surface area contributed by atoms with E-state index in [0.29, 0.717) is 12.1 Å². The van der Waals surface area contributed by atoms with Gasteiger partial charge in [0.25, 0.3) is 0 Å². The van der Waals surface area contributed by atoms with Gasteiger partial charge < -0.3 is 5.32 Å². The highest BCUT2D eigenvalue weighted by Gasteiger charge is 2.14. The average molecular weight is 338 g/mol. The van der Waals surface area contributed by atoms with E-state index in [-0.39, 0.29) is 0 Å². The van der Waals surface area contributed by atoms with E-state index < -0.39 is 0 Å². The van der Waals surface area contributed by atoms with Crippen LogP contribution in [0.4, 0.5) is 0 Å². The van der Waals surface area contributed by atoms with Gasteiger partial charge in [-0.25, -0.2) is 0 Å². The SMILES string of the molecule is Cc1cc(C(C)N[C@@H](C)c2ccc(Br)cc2)c(C)s1. The van der Waals surface area contributed by atoms with Gasteiger partial charge in [0.15, 0.2) is 0 Å². The molecule has 0 bridgehead atoms. The maximum atomic E-state index is 3.68. The summed E-state index contributed by atoms with van der Waals surface area (Å²) in [7, 11) is 0. The van der Waals surface area contributed by atoms with E-state index in [9.17, 15) is 0 Å². The number of benzene rings is 1. The van der Waals surface area contributed by atoms with Crippen LogP contribution in [0.1, 0.15) is 46.8 Å². The molecule has 2 rings (SSSR count). The molecule has 0 radical (unpaired) electrons. The highest BCUT2D eigenvalue weighted by molar-refractivity contribution is 9.10. The number of halogens is 1. The van der Waals surface area contributed by atoms with Crippen LogP contribution in [-0.2, 0) is 0 Å². The maximum absolute atomic E-state index is 3.68. The third-order valence-corrected chi connectivity index (χ3v) is 4.93. The first-order valence-corrected chi connectivity index (χ1v) is 8.16. The van der Waals surface area contributed by atoms with Crippen LogP contribution in [0.3, 0.4) is 0 Å². The molecule has 2 aromatic rings. The summed E-state index contributed by atoms with van der Waals surface area (Å²) in [4.78, 5) is 2.80. The van der Waals surface area contributed by atoms with Crippen molar-refractivity contribution in [1.29, 1.82) is 0 Å². The second-order valence-electron chi connectivity index (χ2n) is 5.03. The van der Waals surface area contributed by atoms with Crippen LogP contribution in [0.25, 0.3) is 0 Å². The summed E-state index contributed by atoms with van der Waals surface area (Å²) in [5.74, 6) is 0. The van der Waals surface area contributed by atoms with Crippen molar-refractivity contribution in [3.05, 3.63) is 55.7 Å². The Balaban J connectivity index is 2.08. The van der Waals surface area contributed by atoms with Gasteiger partial charge in [0.2, 0.25) is 0 Å². The second kappa shape index (κ2) is 6.21. The molecular weight excluding hydrogens is 318 g/mol. The molecule has 0 saturated carbocycles. The molecule has 0 spiro atoms. The molecule has 2 atom stereocenters. The molecule has 1 heterocycles. The zero-order valence-corrected chi connectivity index (χ0v) is 14.2. The van der Waals surface area contributed by atoms with Crippen molar-refractivity contribution in [2.75, 3.05) is 0 Å². The van der Waals surface area contributed by atoms with E-state index in [1.807, 2.05) is 11.3 Å².